The van der Waals surface area contributed by atoms with Crippen LogP contribution in [0.15, 0.2) is 173 Å². The number of halogens is 1. The highest BCUT2D eigenvalue weighted by Gasteiger charge is 2.57. The normalized spacial score (nSPS) is 17.7. The van der Waals surface area contributed by atoms with Crippen LogP contribution < -0.4 is 10.6 Å². The molecule has 2 N–H and O–H groups in total. The average Bonchev–Trinajstić information content (AvgIpc) is 3.77. The predicted molar refractivity (Wildman–Crippen MR) is 233 cm³/mol. The number of oxime groups is 1. The van der Waals surface area contributed by atoms with E-state index in [0.29, 0.717) is 10.7 Å². The van der Waals surface area contributed by atoms with Crippen LogP contribution in [-0.4, -0.2) is 67.7 Å². The molecule has 6 aromatic rings. The molecule has 11 nitrogen and oxygen atoms in total. The van der Waals surface area contributed by atoms with Crippen molar-refractivity contribution in [2.75, 3.05) is 24.1 Å². The van der Waals surface area contributed by atoms with Gasteiger partial charge < -0.3 is 20.2 Å². The lowest BCUT2D eigenvalue weighted by Crippen LogP contribution is -2.74. The number of aromatic nitrogens is 1. The fraction of sp³-hybridized carbons (Fsp3) is 0.152. The van der Waals surface area contributed by atoms with Crippen molar-refractivity contribution < 1.29 is 28.2 Å². The summed E-state index contributed by atoms with van der Waals surface area (Å²) >= 11 is 7.57. The summed E-state index contributed by atoms with van der Waals surface area (Å²) in [6.45, 7) is 0. The number of amides is 2. The molecule has 302 valence electrons. The van der Waals surface area contributed by atoms with Crippen LogP contribution in [0.5, 0.6) is 0 Å². The van der Waals surface area contributed by atoms with Crippen LogP contribution in [0.25, 0.3) is 0 Å². The Morgan fingerprint density at radius 3 is 1.83 bits per heavy atom. The molecule has 14 heteroatoms. The third-order valence-electron chi connectivity index (χ3n) is 10.3. The third-order valence-corrected chi connectivity index (χ3v) is 13.1. The summed E-state index contributed by atoms with van der Waals surface area (Å²) in [5, 5.41) is 11.5. The molecular formula is C46H38ClN5O6S2. The van der Waals surface area contributed by atoms with E-state index < -0.39 is 51.6 Å². The maximum Gasteiger partial charge on any atom is 0.356 e. The van der Waals surface area contributed by atoms with Gasteiger partial charge >= 0.3 is 5.97 Å². The van der Waals surface area contributed by atoms with Crippen molar-refractivity contribution in [3.8, 4) is 0 Å². The van der Waals surface area contributed by atoms with Gasteiger partial charge in [0.15, 0.2) is 16.9 Å². The summed E-state index contributed by atoms with van der Waals surface area (Å²) < 4.78 is 19.8. The number of fused-ring (bicyclic) bond motifs is 1. The van der Waals surface area contributed by atoms with Crippen LogP contribution in [0.3, 0.4) is 0 Å². The smallest absolute Gasteiger partial charge is 0.356 e. The van der Waals surface area contributed by atoms with Gasteiger partial charge in [-0.2, -0.15) is 0 Å². The van der Waals surface area contributed by atoms with E-state index >= 15 is 0 Å². The molecule has 1 saturated heterocycles. The molecule has 1 aromatic heterocycles. The minimum absolute atomic E-state index is 0.0818. The summed E-state index contributed by atoms with van der Waals surface area (Å²) in [7, 11) is -0.429. The van der Waals surface area contributed by atoms with E-state index in [4.69, 9.17) is 26.2 Å². The van der Waals surface area contributed by atoms with Gasteiger partial charge in [0.05, 0.1) is 16.6 Å². The first-order chi connectivity index (χ1) is 29.3. The van der Waals surface area contributed by atoms with E-state index in [2.05, 4.69) is 15.8 Å². The van der Waals surface area contributed by atoms with E-state index in [1.807, 2.05) is 152 Å². The van der Waals surface area contributed by atoms with Crippen molar-refractivity contribution in [3.63, 3.8) is 0 Å². The van der Waals surface area contributed by atoms with E-state index in [9.17, 15) is 18.6 Å². The maximum atomic E-state index is 14.1. The molecule has 8 rings (SSSR count). The highest BCUT2D eigenvalue weighted by Crippen LogP contribution is 2.41. The molecule has 0 bridgehead atoms. The number of nitrogens with one attached hydrogen (secondary N) is 2. The quantitative estimate of drug-likeness (QED) is 0.0295. The van der Waals surface area contributed by atoms with Crippen molar-refractivity contribution in [1.29, 1.82) is 0 Å². The molecule has 3 heterocycles. The number of benzene rings is 5. The molecule has 2 aliphatic rings. The number of β-lactam (4-membered cyclic amide) rings is 1. The Hall–Kier alpha value is -6.41. The third kappa shape index (κ3) is 7.74. The second kappa shape index (κ2) is 17.8. The number of hydrogen-bond acceptors (Lipinski definition) is 10. The fourth-order valence-corrected chi connectivity index (χ4v) is 10.3. The van der Waals surface area contributed by atoms with Crippen LogP contribution in [0, 0.1) is 0 Å². The summed E-state index contributed by atoms with van der Waals surface area (Å²) in [6.07, 6.45) is -0.801. The highest BCUT2D eigenvalue weighted by molar-refractivity contribution is 7.86. The minimum Gasteiger partial charge on any atom is -0.448 e. The molecule has 0 saturated carbocycles. The molecule has 1 fully saturated rings. The number of carbonyl (C=O) groups is 3. The van der Waals surface area contributed by atoms with E-state index in [1.54, 1.807) is 5.38 Å². The van der Waals surface area contributed by atoms with Gasteiger partial charge in [0.25, 0.3) is 11.8 Å². The Morgan fingerprint density at radius 2 is 1.35 bits per heavy atom. The maximum absolute atomic E-state index is 14.1. The number of alkyl halides is 1. The molecule has 2 unspecified atom stereocenters. The largest absolute Gasteiger partial charge is 0.448 e. The number of hydrogen-bond donors (Lipinski definition) is 2. The fourth-order valence-electron chi connectivity index (χ4n) is 7.58. The van der Waals surface area contributed by atoms with Gasteiger partial charge in [-0.1, -0.05) is 157 Å². The van der Waals surface area contributed by atoms with Gasteiger partial charge in [-0.25, -0.2) is 9.78 Å². The molecule has 2 amide bonds. The van der Waals surface area contributed by atoms with Crippen molar-refractivity contribution in [2.45, 2.75) is 23.1 Å². The molecule has 0 radical (unpaired) electrons. The van der Waals surface area contributed by atoms with Crippen molar-refractivity contribution in [3.05, 3.63) is 202 Å². The molecule has 3 atom stereocenters. The molecular weight excluding hydrogens is 818 g/mol. The number of rotatable bonds is 14. The van der Waals surface area contributed by atoms with Gasteiger partial charge in [0, 0.05) is 11.3 Å². The van der Waals surface area contributed by atoms with Crippen LogP contribution in [0.4, 0.5) is 5.13 Å². The Kier molecular flexibility index (Phi) is 12.0. The topological polar surface area (TPSA) is 139 Å². The molecule has 60 heavy (non-hydrogen) atoms. The summed E-state index contributed by atoms with van der Waals surface area (Å²) in [5.41, 5.74) is 3.63. The summed E-state index contributed by atoms with van der Waals surface area (Å²) in [4.78, 5) is 53.1. The highest BCUT2D eigenvalue weighted by atomic mass is 35.5. The van der Waals surface area contributed by atoms with Crippen molar-refractivity contribution in [1.82, 2.24) is 15.2 Å². The molecule has 2 aliphatic heterocycles. The molecule has 0 spiro atoms. The first-order valence-corrected chi connectivity index (χ1v) is 21.8. The van der Waals surface area contributed by atoms with Crippen LogP contribution >= 0.6 is 22.9 Å². The second-order valence-corrected chi connectivity index (χ2v) is 16.6. The zero-order valence-corrected chi connectivity index (χ0v) is 34.5. The molecule has 0 aliphatic carbocycles. The lowest BCUT2D eigenvalue weighted by Gasteiger charge is -2.49. The van der Waals surface area contributed by atoms with Crippen LogP contribution in [0.1, 0.15) is 39.6 Å². The second-order valence-electron chi connectivity index (χ2n) is 13.9. The first kappa shape index (κ1) is 40.4. The van der Waals surface area contributed by atoms with Gasteiger partial charge in [0.1, 0.15) is 35.5 Å². The zero-order valence-electron chi connectivity index (χ0n) is 32.1. The number of thiazole rings is 1. The van der Waals surface area contributed by atoms with Gasteiger partial charge in [0.2, 0.25) is 0 Å². The lowest BCUT2D eigenvalue weighted by atomic mass is 9.77. The predicted octanol–water partition coefficient (Wildman–Crippen LogP) is 7.14. The minimum atomic E-state index is -1.73. The number of carbonyl (C=O) groups excluding carboxylic acids is 3. The first-order valence-electron chi connectivity index (χ1n) is 19.0. The average molecular weight is 856 g/mol. The lowest BCUT2D eigenvalue weighted by molar-refractivity contribution is -0.154. The Morgan fingerprint density at radius 1 is 0.850 bits per heavy atom. The Balaban J connectivity index is 1.05. The van der Waals surface area contributed by atoms with E-state index in [-0.39, 0.29) is 28.7 Å². The molecule has 5 aromatic carbocycles. The number of ether oxygens (including phenoxy) is 1. The monoisotopic (exact) mass is 855 g/mol. The van der Waals surface area contributed by atoms with Crippen LogP contribution in [0.2, 0.25) is 0 Å². The standard InChI is InChI=1S/C46H38ClN5O6S2/c1-57-51-37(36-28-59-45(48-36)50-46(33-21-11-4-12-22-33,34-23-13-5-14-24-34)35-25-15-6-16-26-35)41(53)49-38-42(54)52-39(32(27-47)29-60(56)43(38)52)44(55)58-40(30-17-7-2-8-18-30)31-19-9-3-10-20-31/h2-26,28,38,40,43H,27,29H2,1H3,(H,48,50)(H,49,53)/b51-37-/t38?,43-,60?/m0/s1. The number of anilines is 1. The van der Waals surface area contributed by atoms with Crippen molar-refractivity contribution in [2.24, 2.45) is 5.16 Å². The van der Waals surface area contributed by atoms with Gasteiger partial charge in [-0.3, -0.25) is 18.7 Å². The number of nitrogens with zero attached hydrogens (tertiary/aromatic N) is 3. The summed E-state index contributed by atoms with van der Waals surface area (Å²) in [5.74, 6) is -2.49. The van der Waals surface area contributed by atoms with Crippen molar-refractivity contribution >= 4 is 62.4 Å². The Bertz CT molecular complexity index is 2440. The van der Waals surface area contributed by atoms with E-state index in [0.717, 1.165) is 32.7 Å². The van der Waals surface area contributed by atoms with Gasteiger partial charge in [-0.05, 0) is 33.4 Å². The van der Waals surface area contributed by atoms with E-state index in [1.165, 1.54) is 18.4 Å². The number of esters is 1. The Labute approximate surface area is 358 Å². The summed E-state index contributed by atoms with van der Waals surface area (Å²) in [6, 6.07) is 47.2. The zero-order chi connectivity index (χ0) is 41.6. The van der Waals surface area contributed by atoms with Crippen LogP contribution in [-0.2, 0) is 40.3 Å². The van der Waals surface area contributed by atoms with Gasteiger partial charge in [-0.15, -0.1) is 22.9 Å². The SMILES string of the molecule is CO/N=C(\C(=O)NC1C(=O)N2C(C(=O)OC(c3ccccc3)c3ccccc3)=C(CCl)CS(=O)[C@@H]12)c1csc(NC(c2ccccc2)(c2ccccc2)c2ccccc2)n1.